The Morgan fingerprint density at radius 2 is 1.24 bits per heavy atom. The van der Waals surface area contributed by atoms with Crippen molar-refractivity contribution in [1.82, 2.24) is 9.97 Å². The van der Waals surface area contributed by atoms with Crippen LogP contribution in [0.5, 0.6) is 0 Å². The van der Waals surface area contributed by atoms with Crippen LogP contribution in [-0.4, -0.2) is 123 Å². The fourth-order valence-electron chi connectivity index (χ4n) is 18.8. The fraction of sp³-hybridized carbons (Fsp3) is 0.849. The van der Waals surface area contributed by atoms with E-state index in [9.17, 15) is 35.7 Å². The van der Waals surface area contributed by atoms with Crippen LogP contribution in [0.15, 0.2) is 23.3 Å². The van der Waals surface area contributed by atoms with Crippen molar-refractivity contribution in [2.24, 2.45) is 63.1 Å². The number of aromatic nitrogens is 2. The van der Waals surface area contributed by atoms with Crippen LogP contribution in [0.1, 0.15) is 135 Å². The SMILES string of the molecule is C[C@@H]1[C@]2(O[C@H]3C=C4[C@@H]5CC[C@H]6Cc7nc8c(nc7C[C@]6(C)[C@H]5C[C@@H](O)[C@]4(C)[C@]31O)C[C@@H]1CC[C@H]3C4=C[C@@H]5O[C@]6(CC[C@](C)(O)CO6)C[C@]5(O)[C@@]4(C)[C@H](O)C[C@@H]3[C@@]1(C)C8)O[C@](C)(CO)C[C@H]2O. The van der Waals surface area contributed by atoms with E-state index in [0.29, 0.717) is 37.5 Å². The maximum absolute atomic E-state index is 12.9. The third kappa shape index (κ3) is 5.06. The topological polar surface area (TPSA) is 204 Å². The Balaban J connectivity index is 0.765. The first-order chi connectivity index (χ1) is 30.9. The molecule has 4 aliphatic heterocycles. The molecule has 13 rings (SSSR count). The molecule has 4 saturated carbocycles. The summed E-state index contributed by atoms with van der Waals surface area (Å²) in [5.41, 5.74) is -0.0535. The van der Waals surface area contributed by atoms with Crippen molar-refractivity contribution < 1.29 is 54.7 Å². The average Bonchev–Trinajstić information content (AvgIpc) is 3.92. The lowest BCUT2D eigenvalue weighted by Gasteiger charge is -2.61. The second-order valence-corrected chi connectivity index (χ2v) is 26.0. The van der Waals surface area contributed by atoms with E-state index in [1.165, 1.54) is 0 Å². The molecule has 66 heavy (non-hydrogen) atoms. The largest absolute Gasteiger partial charge is 0.393 e. The summed E-state index contributed by atoms with van der Waals surface area (Å²) in [5, 5.41) is 82.5. The zero-order valence-corrected chi connectivity index (χ0v) is 40.1. The van der Waals surface area contributed by atoms with E-state index < -0.39 is 81.2 Å². The molecule has 13 heteroatoms. The summed E-state index contributed by atoms with van der Waals surface area (Å²) in [4.78, 5) is 11.1. The van der Waals surface area contributed by atoms with Gasteiger partial charge in [-0.3, -0.25) is 9.97 Å². The molecule has 7 N–H and O–H groups in total. The first kappa shape index (κ1) is 44.1. The van der Waals surface area contributed by atoms with Gasteiger partial charge in [0, 0.05) is 36.0 Å². The van der Waals surface area contributed by atoms with Gasteiger partial charge in [0.2, 0.25) is 5.79 Å². The normalized spacial score (nSPS) is 59.4. The predicted octanol–water partition coefficient (Wildman–Crippen LogP) is 4.17. The standard InChI is InChI=1S/C53H74N2O11/c1-26-52(62)43(65-53(26)41(59)22-45(3,24-56)66-53)19-34-30-11-9-28-15-36-38(21-47(28,5)32(30)17-40(58)49(34,52)7)55-35-14-27-8-10-29-31(46(27,4)20-37(35)54-36)16-39(57)48(6)33(29)18-42-51(48,61)23-50(64-42)13-12-44(2,60)25-63-50/h18-19,26-32,39-43,56-62H,8-17,20-25H2,1-7H3/t26-,27-,28-,29+,30+,31-,32-,39+,40+,41+,42-,43-,44-,45-,46-,47-,48+,49+,50+,51+,52+,53-/m0/s1. The molecule has 8 aliphatic carbocycles. The lowest BCUT2D eigenvalue weighted by molar-refractivity contribution is -0.280. The van der Waals surface area contributed by atoms with Gasteiger partial charge in [-0.2, -0.15) is 0 Å². The molecule has 5 heterocycles. The number of fused-ring (bicyclic) bond motifs is 16. The summed E-state index contributed by atoms with van der Waals surface area (Å²) >= 11 is 0. The van der Waals surface area contributed by atoms with Crippen molar-refractivity contribution in [3.8, 4) is 0 Å². The van der Waals surface area contributed by atoms with Crippen LogP contribution in [0.3, 0.4) is 0 Å². The summed E-state index contributed by atoms with van der Waals surface area (Å²) in [6.07, 6.45) is 10.3. The number of rotatable bonds is 1. The highest BCUT2D eigenvalue weighted by molar-refractivity contribution is 5.44. The number of ether oxygens (including phenoxy) is 4. The third-order valence-corrected chi connectivity index (χ3v) is 22.9. The average molecular weight is 915 g/mol. The molecule has 0 bridgehead atoms. The lowest BCUT2D eigenvalue weighted by Crippen LogP contribution is -2.65. The molecule has 4 saturated heterocycles. The Labute approximate surface area is 388 Å². The van der Waals surface area contributed by atoms with Crippen LogP contribution in [0.2, 0.25) is 0 Å². The summed E-state index contributed by atoms with van der Waals surface area (Å²) in [6.45, 7) is 14.2. The molecule has 0 radical (unpaired) electrons. The first-order valence-corrected chi connectivity index (χ1v) is 25.8. The minimum Gasteiger partial charge on any atom is -0.393 e. The minimum absolute atomic E-state index is 0.0900. The van der Waals surface area contributed by atoms with Crippen molar-refractivity contribution >= 4 is 0 Å². The molecule has 1 aromatic rings. The van der Waals surface area contributed by atoms with Crippen molar-refractivity contribution in [2.75, 3.05) is 13.2 Å². The van der Waals surface area contributed by atoms with Crippen LogP contribution < -0.4 is 0 Å². The highest BCUT2D eigenvalue weighted by Gasteiger charge is 2.79. The van der Waals surface area contributed by atoms with Gasteiger partial charge in [-0.15, -0.1) is 0 Å². The van der Waals surface area contributed by atoms with Gasteiger partial charge in [-0.25, -0.2) is 0 Å². The summed E-state index contributed by atoms with van der Waals surface area (Å²) < 4.78 is 25.9. The molecule has 8 fully saturated rings. The number of aliphatic hydroxyl groups excluding tert-OH is 4. The van der Waals surface area contributed by atoms with Crippen LogP contribution in [0.25, 0.3) is 0 Å². The van der Waals surface area contributed by atoms with E-state index >= 15 is 0 Å². The zero-order valence-electron chi connectivity index (χ0n) is 40.1. The minimum atomic E-state index is -1.50. The van der Waals surface area contributed by atoms with E-state index in [1.807, 2.05) is 13.8 Å². The number of hydrogen-bond acceptors (Lipinski definition) is 13. The second kappa shape index (κ2) is 13.1. The van der Waals surface area contributed by atoms with Crippen LogP contribution in [-0.2, 0) is 44.6 Å². The molecule has 362 valence electrons. The van der Waals surface area contributed by atoms with Gasteiger partial charge in [0.25, 0.3) is 0 Å². The highest BCUT2D eigenvalue weighted by atomic mass is 16.7. The van der Waals surface area contributed by atoms with Gasteiger partial charge in [-0.1, -0.05) is 57.9 Å². The Morgan fingerprint density at radius 1 is 0.682 bits per heavy atom. The molecule has 2 spiro atoms. The molecule has 0 aromatic carbocycles. The molecular formula is C53H74N2O11. The van der Waals surface area contributed by atoms with Crippen LogP contribution in [0, 0.1) is 63.1 Å². The van der Waals surface area contributed by atoms with Crippen molar-refractivity contribution in [3.63, 3.8) is 0 Å². The van der Waals surface area contributed by atoms with Crippen molar-refractivity contribution in [3.05, 3.63) is 46.1 Å². The molecule has 1 aromatic heterocycles. The molecule has 0 unspecified atom stereocenters. The molecule has 13 nitrogen and oxygen atoms in total. The highest BCUT2D eigenvalue weighted by Crippen LogP contribution is 2.72. The molecule has 12 aliphatic rings. The first-order valence-electron chi connectivity index (χ1n) is 25.8. The Morgan fingerprint density at radius 3 is 1.79 bits per heavy atom. The van der Waals surface area contributed by atoms with Gasteiger partial charge in [0.05, 0.1) is 59.4 Å². The van der Waals surface area contributed by atoms with E-state index in [1.54, 1.807) is 13.8 Å². The summed E-state index contributed by atoms with van der Waals surface area (Å²) in [7, 11) is 0. The molecule has 22 atom stereocenters. The maximum Gasteiger partial charge on any atom is 0.201 e. The van der Waals surface area contributed by atoms with Gasteiger partial charge in [-0.05, 0) is 131 Å². The Bertz CT molecular complexity index is 2350. The summed E-state index contributed by atoms with van der Waals surface area (Å²) in [6, 6.07) is 0. The zero-order chi connectivity index (χ0) is 46.4. The number of aliphatic hydroxyl groups is 7. The van der Waals surface area contributed by atoms with Gasteiger partial charge >= 0.3 is 0 Å². The van der Waals surface area contributed by atoms with Crippen molar-refractivity contribution in [2.45, 2.75) is 203 Å². The monoisotopic (exact) mass is 915 g/mol. The lowest BCUT2D eigenvalue weighted by atomic mass is 9.44. The van der Waals surface area contributed by atoms with Crippen molar-refractivity contribution in [1.29, 1.82) is 0 Å². The second-order valence-electron chi connectivity index (χ2n) is 26.0. The van der Waals surface area contributed by atoms with Gasteiger partial charge < -0.3 is 54.7 Å². The van der Waals surface area contributed by atoms with Crippen LogP contribution >= 0.6 is 0 Å². The maximum atomic E-state index is 12.9. The third-order valence-electron chi connectivity index (χ3n) is 22.9. The Hall–Kier alpha value is -1.88. The van der Waals surface area contributed by atoms with Crippen LogP contribution in [0.4, 0.5) is 0 Å². The molecule has 0 amide bonds. The van der Waals surface area contributed by atoms with E-state index in [2.05, 4.69) is 32.9 Å². The Kier molecular flexibility index (Phi) is 8.78. The fourth-order valence-corrected chi connectivity index (χ4v) is 18.8. The quantitative estimate of drug-likeness (QED) is 0.198. The van der Waals surface area contributed by atoms with E-state index in [4.69, 9.17) is 28.9 Å². The van der Waals surface area contributed by atoms with E-state index in [-0.39, 0.29) is 60.6 Å². The predicted molar refractivity (Wildman–Crippen MR) is 238 cm³/mol. The van der Waals surface area contributed by atoms with Gasteiger partial charge in [0.1, 0.15) is 29.5 Å². The van der Waals surface area contributed by atoms with Gasteiger partial charge in [0.15, 0.2) is 5.79 Å². The number of nitrogens with zero attached hydrogens (tertiary/aromatic N) is 2. The van der Waals surface area contributed by atoms with E-state index in [0.717, 1.165) is 85.3 Å². The smallest absolute Gasteiger partial charge is 0.201 e. The number of hydrogen-bond donors (Lipinski definition) is 7. The summed E-state index contributed by atoms with van der Waals surface area (Å²) in [5.74, 6) is -1.51. The molecular weight excluding hydrogens is 841 g/mol.